The third-order valence-corrected chi connectivity index (χ3v) is 4.06. The summed E-state index contributed by atoms with van der Waals surface area (Å²) in [6.07, 6.45) is 1.44. The average molecular weight is 374 g/mol. The number of nitrogens with zero attached hydrogens (tertiary/aromatic N) is 2. The van der Waals surface area contributed by atoms with E-state index in [0.717, 1.165) is 0 Å². The molecule has 138 valence electrons. The number of hydrogen-bond donors (Lipinski definition) is 2. The zero-order valence-corrected chi connectivity index (χ0v) is 14.5. The predicted octanol–water partition coefficient (Wildman–Crippen LogP) is 4.52. The molecule has 0 radical (unpaired) electrons. The molecular weight excluding hydrogens is 360 g/mol. The van der Waals surface area contributed by atoms with Crippen molar-refractivity contribution in [3.8, 4) is 11.5 Å². The molecule has 28 heavy (non-hydrogen) atoms. The van der Waals surface area contributed by atoms with E-state index in [1.54, 1.807) is 24.3 Å². The number of amides is 1. The number of nitrogens with one attached hydrogen (secondary N) is 2. The number of carbonyl (C=O) groups excluding carboxylic acids is 1. The van der Waals surface area contributed by atoms with Crippen LogP contribution in [0.3, 0.4) is 0 Å². The third kappa shape index (κ3) is 3.51. The van der Waals surface area contributed by atoms with Crippen molar-refractivity contribution < 1.29 is 14.5 Å². The van der Waals surface area contributed by atoms with Crippen molar-refractivity contribution in [2.45, 2.75) is 0 Å². The summed E-state index contributed by atoms with van der Waals surface area (Å²) in [5.41, 5.74) is 0.883. The molecule has 0 saturated heterocycles. The van der Waals surface area contributed by atoms with Crippen molar-refractivity contribution in [1.29, 1.82) is 0 Å². The molecule has 0 fully saturated rings. The molecule has 1 aromatic heterocycles. The van der Waals surface area contributed by atoms with Crippen LogP contribution >= 0.6 is 0 Å². The fourth-order valence-electron chi connectivity index (χ4n) is 2.79. The summed E-state index contributed by atoms with van der Waals surface area (Å²) >= 11 is 0. The van der Waals surface area contributed by atoms with E-state index in [4.69, 9.17) is 4.74 Å². The Balaban J connectivity index is 1.61. The Kier molecular flexibility index (Phi) is 4.43. The molecule has 0 saturated carbocycles. The number of ether oxygens (including phenoxy) is 1. The van der Waals surface area contributed by atoms with Crippen molar-refractivity contribution in [1.82, 2.24) is 10.2 Å². The zero-order valence-electron chi connectivity index (χ0n) is 14.5. The maximum absolute atomic E-state index is 12.7. The number of nitro groups is 1. The number of aromatic nitrogens is 2. The Morgan fingerprint density at radius 3 is 2.61 bits per heavy atom. The van der Waals surface area contributed by atoms with Crippen LogP contribution in [0.1, 0.15) is 10.4 Å². The molecule has 0 unspecified atom stereocenters. The number of rotatable bonds is 5. The molecule has 8 heteroatoms. The van der Waals surface area contributed by atoms with E-state index in [-0.39, 0.29) is 11.3 Å². The van der Waals surface area contributed by atoms with E-state index in [2.05, 4.69) is 15.5 Å². The molecule has 2 N–H and O–H groups in total. The second-order valence-electron chi connectivity index (χ2n) is 5.98. The molecule has 0 aliphatic rings. The smallest absolute Gasteiger partial charge is 0.271 e. The summed E-state index contributed by atoms with van der Waals surface area (Å²) in [5.74, 6) is 0.730. The molecule has 1 heterocycles. The van der Waals surface area contributed by atoms with Crippen LogP contribution in [0.15, 0.2) is 72.9 Å². The number of fused-ring (bicyclic) bond motifs is 1. The van der Waals surface area contributed by atoms with Gasteiger partial charge in [-0.1, -0.05) is 24.3 Å². The SMILES string of the molecule is O=C(Nc1cccc(Oc2ccccc2)c1)c1cc([N+](=O)[O-])cc2cn[nH]c12. The maximum Gasteiger partial charge on any atom is 0.271 e. The van der Waals surface area contributed by atoms with Gasteiger partial charge in [0, 0.05) is 29.3 Å². The van der Waals surface area contributed by atoms with Gasteiger partial charge in [-0.05, 0) is 24.3 Å². The molecule has 0 aliphatic carbocycles. The van der Waals surface area contributed by atoms with Gasteiger partial charge in [0.25, 0.3) is 11.6 Å². The van der Waals surface area contributed by atoms with Gasteiger partial charge in [0.2, 0.25) is 0 Å². The van der Waals surface area contributed by atoms with Crippen LogP contribution in [0.4, 0.5) is 11.4 Å². The minimum Gasteiger partial charge on any atom is -0.457 e. The second-order valence-corrected chi connectivity index (χ2v) is 5.98. The van der Waals surface area contributed by atoms with Gasteiger partial charge in [-0.2, -0.15) is 5.10 Å². The highest BCUT2D eigenvalue weighted by atomic mass is 16.6. The number of H-pyrrole nitrogens is 1. The van der Waals surface area contributed by atoms with Crippen LogP contribution in [0.5, 0.6) is 11.5 Å². The number of benzene rings is 3. The molecule has 0 spiro atoms. The molecule has 8 nitrogen and oxygen atoms in total. The second kappa shape index (κ2) is 7.20. The van der Waals surface area contributed by atoms with Crippen molar-refractivity contribution in [2.75, 3.05) is 5.32 Å². The van der Waals surface area contributed by atoms with Crippen LogP contribution in [-0.2, 0) is 0 Å². The predicted molar refractivity (Wildman–Crippen MR) is 104 cm³/mol. The average Bonchev–Trinajstić information content (AvgIpc) is 3.17. The lowest BCUT2D eigenvalue weighted by Crippen LogP contribution is -2.13. The topological polar surface area (TPSA) is 110 Å². The van der Waals surface area contributed by atoms with Crippen LogP contribution < -0.4 is 10.1 Å². The van der Waals surface area contributed by atoms with E-state index in [1.807, 2.05) is 30.3 Å². The van der Waals surface area contributed by atoms with Crippen molar-refractivity contribution >= 4 is 28.2 Å². The normalized spacial score (nSPS) is 10.6. The fraction of sp³-hybridized carbons (Fsp3) is 0. The molecule has 4 rings (SSSR count). The summed E-state index contributed by atoms with van der Waals surface area (Å²) in [5, 5.41) is 20.9. The van der Waals surface area contributed by atoms with Crippen LogP contribution in [-0.4, -0.2) is 21.0 Å². The van der Waals surface area contributed by atoms with E-state index < -0.39 is 10.8 Å². The van der Waals surface area contributed by atoms with Gasteiger partial charge in [0.05, 0.1) is 22.2 Å². The number of non-ortho nitro benzene ring substituents is 1. The molecule has 1 amide bonds. The highest BCUT2D eigenvalue weighted by Gasteiger charge is 2.18. The standard InChI is InChI=1S/C20H14N4O4/c25-20(18-11-15(24(26)27)9-13-12-21-23-19(13)18)22-14-5-4-8-17(10-14)28-16-6-2-1-3-7-16/h1-12H,(H,21,23)(H,22,25). The van der Waals surface area contributed by atoms with E-state index in [9.17, 15) is 14.9 Å². The van der Waals surface area contributed by atoms with Gasteiger partial charge < -0.3 is 10.1 Å². The minimum absolute atomic E-state index is 0.135. The lowest BCUT2D eigenvalue weighted by Gasteiger charge is -2.09. The molecule has 0 atom stereocenters. The summed E-state index contributed by atoms with van der Waals surface area (Å²) < 4.78 is 5.76. The van der Waals surface area contributed by atoms with Crippen LogP contribution in [0.2, 0.25) is 0 Å². The Labute approximate surface area is 158 Å². The summed E-state index contributed by atoms with van der Waals surface area (Å²) in [7, 11) is 0. The molecule has 0 aliphatic heterocycles. The quantitative estimate of drug-likeness (QED) is 0.394. The highest BCUT2D eigenvalue weighted by Crippen LogP contribution is 2.27. The largest absolute Gasteiger partial charge is 0.457 e. The Morgan fingerprint density at radius 2 is 1.82 bits per heavy atom. The molecular formula is C20H14N4O4. The van der Waals surface area contributed by atoms with Crippen molar-refractivity contribution in [2.24, 2.45) is 0 Å². The van der Waals surface area contributed by atoms with Crippen molar-refractivity contribution in [3.63, 3.8) is 0 Å². The number of nitro benzene ring substituents is 1. The van der Waals surface area contributed by atoms with Crippen LogP contribution in [0, 0.1) is 10.1 Å². The summed E-state index contributed by atoms with van der Waals surface area (Å²) in [4.78, 5) is 23.3. The number of aromatic amines is 1. The highest BCUT2D eigenvalue weighted by molar-refractivity contribution is 6.12. The summed E-state index contributed by atoms with van der Waals surface area (Å²) in [6.45, 7) is 0. The zero-order chi connectivity index (χ0) is 19.5. The first-order chi connectivity index (χ1) is 13.6. The monoisotopic (exact) mass is 374 g/mol. The van der Waals surface area contributed by atoms with E-state index >= 15 is 0 Å². The van der Waals surface area contributed by atoms with E-state index in [1.165, 1.54) is 18.3 Å². The fourth-order valence-corrected chi connectivity index (χ4v) is 2.79. The number of carbonyl (C=O) groups is 1. The number of hydrogen-bond acceptors (Lipinski definition) is 5. The number of anilines is 1. The molecule has 4 aromatic rings. The lowest BCUT2D eigenvalue weighted by atomic mass is 10.1. The van der Waals surface area contributed by atoms with Crippen LogP contribution in [0.25, 0.3) is 10.9 Å². The minimum atomic E-state index is -0.544. The molecule has 0 bridgehead atoms. The first kappa shape index (κ1) is 17.2. The lowest BCUT2D eigenvalue weighted by molar-refractivity contribution is -0.384. The van der Waals surface area contributed by atoms with Gasteiger partial charge >= 0.3 is 0 Å². The summed E-state index contributed by atoms with van der Waals surface area (Å²) in [6, 6.07) is 18.7. The van der Waals surface area contributed by atoms with Gasteiger partial charge in [-0.3, -0.25) is 20.0 Å². The first-order valence-electron chi connectivity index (χ1n) is 8.36. The van der Waals surface area contributed by atoms with E-state index in [0.29, 0.717) is 28.1 Å². The number of para-hydroxylation sites is 1. The van der Waals surface area contributed by atoms with Gasteiger partial charge in [0.1, 0.15) is 11.5 Å². The van der Waals surface area contributed by atoms with Crippen molar-refractivity contribution in [3.05, 3.63) is 88.6 Å². The Bertz CT molecular complexity index is 1170. The van der Waals surface area contributed by atoms with Gasteiger partial charge in [-0.25, -0.2) is 0 Å². The first-order valence-corrected chi connectivity index (χ1v) is 8.36. The van der Waals surface area contributed by atoms with Gasteiger partial charge in [-0.15, -0.1) is 0 Å². The third-order valence-electron chi connectivity index (χ3n) is 4.06. The van der Waals surface area contributed by atoms with Gasteiger partial charge in [0.15, 0.2) is 0 Å². The Hall–Kier alpha value is -4.20. The maximum atomic E-state index is 12.7. The Morgan fingerprint density at radius 1 is 1.04 bits per heavy atom. The molecule has 3 aromatic carbocycles.